The van der Waals surface area contributed by atoms with Crippen molar-refractivity contribution in [3.05, 3.63) is 64.4 Å². The number of esters is 1. The van der Waals surface area contributed by atoms with E-state index in [9.17, 15) is 13.8 Å². The number of rotatable bonds is 6. The van der Waals surface area contributed by atoms with Gasteiger partial charge in [-0.25, -0.2) is 13.9 Å². The zero-order valence-corrected chi connectivity index (χ0v) is 20.1. The van der Waals surface area contributed by atoms with Gasteiger partial charge >= 0.3 is 14.1 Å². The highest BCUT2D eigenvalue weighted by atomic mass is 35.5. The average molecular weight is 507 g/mol. The second-order valence-electron chi connectivity index (χ2n) is 7.59. The molecule has 0 aromatic heterocycles. The van der Waals surface area contributed by atoms with Crippen LogP contribution in [0.4, 0.5) is 10.1 Å². The topological polar surface area (TPSA) is 89.8 Å². The van der Waals surface area contributed by atoms with Gasteiger partial charge in [0.1, 0.15) is 11.9 Å². The summed E-state index contributed by atoms with van der Waals surface area (Å²) in [5.74, 6) is -0.835. The molecule has 0 aliphatic carbocycles. The second-order valence-corrected chi connectivity index (χ2v) is 9.26. The van der Waals surface area contributed by atoms with Crippen molar-refractivity contribution in [2.45, 2.75) is 18.9 Å². The number of halogens is 2. The number of carbonyl (C=O) groups is 1. The molecule has 1 saturated heterocycles. The molecule has 8 nitrogen and oxygen atoms in total. The summed E-state index contributed by atoms with van der Waals surface area (Å²) in [6, 6.07) is 10.4. The number of hydrogen-bond acceptors (Lipinski definition) is 7. The largest absolute Gasteiger partial charge is 0.667 e. The van der Waals surface area contributed by atoms with Crippen molar-refractivity contribution in [2.24, 2.45) is 9.98 Å². The molecule has 2 heterocycles. The van der Waals surface area contributed by atoms with E-state index < -0.39 is 26.0 Å². The summed E-state index contributed by atoms with van der Waals surface area (Å²) in [7, 11) is -0.979. The summed E-state index contributed by atoms with van der Waals surface area (Å²) < 4.78 is 45.4. The summed E-state index contributed by atoms with van der Waals surface area (Å²) in [4.78, 5) is 21.2. The van der Waals surface area contributed by atoms with E-state index in [2.05, 4.69) is 4.99 Å². The molecule has 0 spiro atoms. The Morgan fingerprint density at radius 3 is 2.74 bits per heavy atom. The van der Waals surface area contributed by atoms with Gasteiger partial charge in [0.2, 0.25) is 0 Å². The fraction of sp³-hybridized carbons (Fsp3) is 0.348. The zero-order chi connectivity index (χ0) is 24.1. The van der Waals surface area contributed by atoms with Crippen LogP contribution in [-0.2, 0) is 23.4 Å². The van der Waals surface area contributed by atoms with Gasteiger partial charge in [-0.1, -0.05) is 28.4 Å². The highest BCUT2D eigenvalue weighted by molar-refractivity contribution is 7.37. The first-order chi connectivity index (χ1) is 16.5. The molecule has 0 N–H and O–H groups in total. The van der Waals surface area contributed by atoms with Gasteiger partial charge in [0, 0.05) is 27.1 Å². The van der Waals surface area contributed by atoms with Crippen LogP contribution >= 0.6 is 19.8 Å². The lowest BCUT2D eigenvalue weighted by molar-refractivity contribution is -0.140. The van der Waals surface area contributed by atoms with Crippen molar-refractivity contribution in [1.82, 2.24) is 4.67 Å². The first kappa shape index (κ1) is 24.4. The Balaban J connectivity index is 1.78. The van der Waals surface area contributed by atoms with E-state index in [0.717, 1.165) is 0 Å². The van der Waals surface area contributed by atoms with Crippen LogP contribution in [-0.4, -0.2) is 61.7 Å². The van der Waals surface area contributed by atoms with Gasteiger partial charge in [-0.2, -0.15) is 0 Å². The van der Waals surface area contributed by atoms with Crippen molar-refractivity contribution in [3.8, 4) is 0 Å². The van der Waals surface area contributed by atoms with Crippen LogP contribution in [0.3, 0.4) is 0 Å². The maximum Gasteiger partial charge on any atom is 0.667 e. The van der Waals surface area contributed by atoms with Crippen LogP contribution in [0.15, 0.2) is 52.4 Å². The normalized spacial score (nSPS) is 18.8. The molecular formula is C23H23ClFN3O5P+. The lowest BCUT2D eigenvalue weighted by Gasteiger charge is -2.17. The Morgan fingerprint density at radius 1 is 1.24 bits per heavy atom. The third kappa shape index (κ3) is 5.67. The molecule has 2 aliphatic heterocycles. The van der Waals surface area contributed by atoms with Gasteiger partial charge in [0.15, 0.2) is 0 Å². The van der Waals surface area contributed by atoms with E-state index >= 15 is 0 Å². The van der Waals surface area contributed by atoms with Gasteiger partial charge in [-0.15, -0.1) is 0 Å². The van der Waals surface area contributed by atoms with Crippen LogP contribution in [0.25, 0.3) is 0 Å². The van der Waals surface area contributed by atoms with Crippen LogP contribution in [0.5, 0.6) is 0 Å². The number of aliphatic imine (C=N–C) groups is 2. The third-order valence-electron chi connectivity index (χ3n) is 5.38. The molecular weight excluding hydrogens is 484 g/mol. The third-order valence-corrected chi connectivity index (χ3v) is 6.82. The number of methoxy groups -OCH3 is 1. The SMILES string of the molecule is COC(=O)CC[C@@H]1N=C(c2ccccc2F)c2cc(Cl)ccc2N=C1O[P+](=O)N1CCOCC1. The van der Waals surface area contributed by atoms with Crippen molar-refractivity contribution >= 4 is 43.0 Å². The smallest absolute Gasteiger partial charge is 0.469 e. The molecule has 11 heteroatoms. The molecule has 0 amide bonds. The predicted molar refractivity (Wildman–Crippen MR) is 127 cm³/mol. The Hall–Kier alpha value is -2.71. The van der Waals surface area contributed by atoms with Gasteiger partial charge in [0.25, 0.3) is 5.90 Å². The van der Waals surface area contributed by atoms with Gasteiger partial charge in [-0.3, -0.25) is 9.79 Å². The van der Waals surface area contributed by atoms with E-state index in [4.69, 9.17) is 30.6 Å². The van der Waals surface area contributed by atoms with E-state index in [-0.39, 0.29) is 24.3 Å². The van der Waals surface area contributed by atoms with Crippen LogP contribution in [0, 0.1) is 5.82 Å². The lowest BCUT2D eigenvalue weighted by atomic mass is 10.00. The highest BCUT2D eigenvalue weighted by Crippen LogP contribution is 2.36. The Morgan fingerprint density at radius 2 is 2.00 bits per heavy atom. The molecule has 2 aromatic rings. The quantitative estimate of drug-likeness (QED) is 0.417. The Labute approximate surface area is 202 Å². The minimum Gasteiger partial charge on any atom is -0.469 e. The lowest BCUT2D eigenvalue weighted by Crippen LogP contribution is -2.32. The molecule has 1 fully saturated rings. The Bertz CT molecular complexity index is 1150. The minimum absolute atomic E-state index is 0.0169. The highest BCUT2D eigenvalue weighted by Gasteiger charge is 2.38. The number of hydrogen-bond donors (Lipinski definition) is 0. The second kappa shape index (κ2) is 11.1. The number of fused-ring (bicyclic) bond motifs is 1. The van der Waals surface area contributed by atoms with E-state index in [0.29, 0.717) is 48.3 Å². The summed E-state index contributed by atoms with van der Waals surface area (Å²) in [6.45, 7) is 1.79. The monoisotopic (exact) mass is 506 g/mol. The molecule has 34 heavy (non-hydrogen) atoms. The van der Waals surface area contributed by atoms with Gasteiger partial charge in [-0.05, 0) is 36.8 Å². The average Bonchev–Trinajstić information content (AvgIpc) is 2.99. The number of carbonyl (C=O) groups excluding carboxylic acids is 1. The Kier molecular flexibility index (Phi) is 8.00. The summed E-state index contributed by atoms with van der Waals surface area (Å²) in [5, 5.41) is 0.424. The van der Waals surface area contributed by atoms with E-state index in [1.54, 1.807) is 41.1 Å². The van der Waals surface area contributed by atoms with Crippen molar-refractivity contribution in [1.29, 1.82) is 0 Å². The number of nitrogens with zero attached hydrogens (tertiary/aromatic N) is 3. The summed E-state index contributed by atoms with van der Waals surface area (Å²) in [5.41, 5.74) is 1.51. The molecule has 1 unspecified atom stereocenters. The van der Waals surface area contributed by atoms with Crippen LogP contribution in [0.1, 0.15) is 24.0 Å². The van der Waals surface area contributed by atoms with Crippen LogP contribution in [0.2, 0.25) is 5.02 Å². The fourth-order valence-corrected chi connectivity index (χ4v) is 4.72. The molecule has 2 aromatic carbocycles. The van der Waals surface area contributed by atoms with Crippen molar-refractivity contribution in [2.75, 3.05) is 33.4 Å². The summed E-state index contributed by atoms with van der Waals surface area (Å²) in [6.07, 6.45) is 0.181. The molecule has 178 valence electrons. The first-order valence-electron chi connectivity index (χ1n) is 10.7. The van der Waals surface area contributed by atoms with Crippen LogP contribution < -0.4 is 0 Å². The first-order valence-corrected chi connectivity index (χ1v) is 12.2. The maximum absolute atomic E-state index is 14.8. The molecule has 2 atom stereocenters. The number of ether oxygens (including phenoxy) is 2. The van der Waals surface area contributed by atoms with E-state index in [1.807, 2.05) is 0 Å². The molecule has 0 radical (unpaired) electrons. The van der Waals surface area contributed by atoms with Gasteiger partial charge < -0.3 is 9.47 Å². The van der Waals surface area contributed by atoms with Crippen molar-refractivity contribution < 1.29 is 27.7 Å². The number of morpholine rings is 1. The zero-order valence-electron chi connectivity index (χ0n) is 18.4. The number of benzene rings is 2. The standard InChI is InChI=1S/C23H23ClFN3O5P/c1-31-21(29)9-8-20-23(33-34(30)28-10-12-32-13-11-28)27-19-7-6-15(24)14-17(19)22(26-20)16-4-2-3-5-18(16)25/h2-7,14,20H,8-13H2,1H3/q+1/t20-/m0/s1. The predicted octanol–water partition coefficient (Wildman–Crippen LogP) is 4.69. The molecule has 0 saturated carbocycles. The molecule has 0 bridgehead atoms. The van der Waals surface area contributed by atoms with Gasteiger partial charge in [0.05, 0.1) is 44.8 Å². The maximum atomic E-state index is 14.8. The fourth-order valence-electron chi connectivity index (χ4n) is 3.62. The molecule has 2 aliphatic rings. The molecule has 4 rings (SSSR count). The van der Waals surface area contributed by atoms with E-state index in [1.165, 1.54) is 13.2 Å². The summed E-state index contributed by atoms with van der Waals surface area (Å²) >= 11 is 6.25. The van der Waals surface area contributed by atoms with Crippen molar-refractivity contribution in [3.63, 3.8) is 0 Å². The minimum atomic E-state index is -2.27.